The number of nitrogens with one attached hydrogen (secondary N) is 2. The molecule has 0 heterocycles. The summed E-state index contributed by atoms with van der Waals surface area (Å²) >= 11 is 0. The number of rotatable bonds is 3. The summed E-state index contributed by atoms with van der Waals surface area (Å²) in [5.74, 6) is 0. The Labute approximate surface area is 155 Å². The van der Waals surface area contributed by atoms with Gasteiger partial charge in [0.2, 0.25) is 0 Å². The van der Waals surface area contributed by atoms with E-state index in [4.69, 9.17) is 0 Å². The fraction of sp³-hybridized carbons (Fsp3) is 0.278. The molecule has 0 aliphatic rings. The van der Waals surface area contributed by atoms with Gasteiger partial charge in [0.1, 0.15) is 0 Å². The van der Waals surface area contributed by atoms with Gasteiger partial charge in [-0.25, -0.2) is 17.9 Å². The molecule has 0 radical (unpaired) electrons. The molecule has 9 heteroatoms. The summed E-state index contributed by atoms with van der Waals surface area (Å²) in [4.78, 5) is 11.8. The molecule has 0 saturated heterocycles. The number of anilines is 1. The molecule has 0 atom stereocenters. The maximum absolute atomic E-state index is 12.7. The number of halogens is 3. The highest BCUT2D eigenvalue weighted by molar-refractivity contribution is 7.90. The van der Waals surface area contributed by atoms with Gasteiger partial charge in [-0.15, -0.1) is 0 Å². The van der Waals surface area contributed by atoms with Crippen LogP contribution in [0, 0.1) is 0 Å². The Bertz CT molecular complexity index is 949. The molecule has 0 aliphatic carbocycles. The average molecular weight is 400 g/mol. The molecule has 2 amide bonds. The minimum absolute atomic E-state index is 0.117. The van der Waals surface area contributed by atoms with Crippen molar-refractivity contribution >= 4 is 21.7 Å². The summed E-state index contributed by atoms with van der Waals surface area (Å²) in [5, 5.41) is 2.10. The maximum atomic E-state index is 12.7. The third kappa shape index (κ3) is 5.46. The quantitative estimate of drug-likeness (QED) is 0.796. The van der Waals surface area contributed by atoms with Gasteiger partial charge in [0.15, 0.2) is 0 Å². The largest absolute Gasteiger partial charge is 0.416 e. The molecule has 0 bridgehead atoms. The van der Waals surface area contributed by atoms with Crippen LogP contribution in [0.4, 0.5) is 23.7 Å². The van der Waals surface area contributed by atoms with Gasteiger partial charge in [-0.1, -0.05) is 39.0 Å². The van der Waals surface area contributed by atoms with Gasteiger partial charge < -0.3 is 5.32 Å². The number of benzene rings is 2. The lowest BCUT2D eigenvalue weighted by Gasteiger charge is -2.19. The second-order valence-corrected chi connectivity index (χ2v) is 8.60. The van der Waals surface area contributed by atoms with E-state index in [1.807, 2.05) is 20.8 Å². The molecule has 146 valence electrons. The smallest absolute Gasteiger partial charge is 0.307 e. The molecule has 0 aromatic heterocycles. The van der Waals surface area contributed by atoms with Crippen molar-refractivity contribution in [2.45, 2.75) is 37.3 Å². The van der Waals surface area contributed by atoms with Crippen LogP contribution in [0.15, 0.2) is 53.4 Å². The monoisotopic (exact) mass is 400 g/mol. The van der Waals surface area contributed by atoms with Crippen LogP contribution in [0.25, 0.3) is 0 Å². The maximum Gasteiger partial charge on any atom is 0.416 e. The molecule has 0 unspecified atom stereocenters. The van der Waals surface area contributed by atoms with Crippen LogP contribution in [0.2, 0.25) is 0 Å². The van der Waals surface area contributed by atoms with Crippen LogP contribution in [-0.4, -0.2) is 14.4 Å². The van der Waals surface area contributed by atoms with Crippen LogP contribution >= 0.6 is 0 Å². The lowest BCUT2D eigenvalue weighted by atomic mass is 9.87. The van der Waals surface area contributed by atoms with Crippen molar-refractivity contribution in [1.29, 1.82) is 0 Å². The Morgan fingerprint density at radius 1 is 0.926 bits per heavy atom. The zero-order valence-electron chi connectivity index (χ0n) is 14.9. The number of sulfonamides is 1. The van der Waals surface area contributed by atoms with E-state index in [1.165, 1.54) is 18.2 Å². The fourth-order valence-electron chi connectivity index (χ4n) is 2.24. The average Bonchev–Trinajstić information content (AvgIpc) is 2.53. The second kappa shape index (κ2) is 7.22. The number of carbonyl (C=O) groups excluding carboxylic acids is 1. The molecule has 0 spiro atoms. The van der Waals surface area contributed by atoms with Crippen molar-refractivity contribution < 1.29 is 26.4 Å². The SMILES string of the molecule is CC(C)(C)c1cccc(S(=O)(=O)NC(=O)Nc2cccc(C(F)(F)F)c2)c1. The van der Waals surface area contributed by atoms with E-state index in [2.05, 4.69) is 5.32 Å². The second-order valence-electron chi connectivity index (χ2n) is 6.92. The van der Waals surface area contributed by atoms with Crippen LogP contribution in [0.3, 0.4) is 0 Å². The lowest BCUT2D eigenvalue weighted by Crippen LogP contribution is -2.34. The fourth-order valence-corrected chi connectivity index (χ4v) is 3.19. The first-order valence-corrected chi connectivity index (χ1v) is 9.39. The van der Waals surface area contributed by atoms with Crippen molar-refractivity contribution in [2.75, 3.05) is 5.32 Å². The summed E-state index contributed by atoms with van der Waals surface area (Å²) in [6.07, 6.45) is -4.58. The van der Waals surface area contributed by atoms with E-state index in [-0.39, 0.29) is 16.0 Å². The topological polar surface area (TPSA) is 75.3 Å². The van der Waals surface area contributed by atoms with Crippen LogP contribution in [-0.2, 0) is 21.6 Å². The van der Waals surface area contributed by atoms with E-state index < -0.39 is 27.8 Å². The first-order valence-electron chi connectivity index (χ1n) is 7.91. The Balaban J connectivity index is 2.18. The predicted octanol–water partition coefficient (Wildman–Crippen LogP) is 4.51. The number of amides is 2. The molecule has 0 saturated carbocycles. The van der Waals surface area contributed by atoms with Crippen LogP contribution in [0.5, 0.6) is 0 Å². The highest BCUT2D eigenvalue weighted by Crippen LogP contribution is 2.30. The first-order chi connectivity index (χ1) is 12.3. The van der Waals surface area contributed by atoms with Crippen molar-refractivity contribution in [3.8, 4) is 0 Å². The Kier molecular flexibility index (Phi) is 5.55. The zero-order chi connectivity index (χ0) is 20.5. The van der Waals surface area contributed by atoms with Gasteiger partial charge in [-0.3, -0.25) is 0 Å². The molecule has 0 fully saturated rings. The standard InChI is InChI=1S/C18H19F3N2O3S/c1-17(2,3)12-6-5-9-15(11-12)27(25,26)23-16(24)22-14-8-4-7-13(10-14)18(19,20)21/h4-11H,1-3H3,(H2,22,23,24). The number of hydrogen-bond donors (Lipinski definition) is 2. The van der Waals surface area contributed by atoms with Gasteiger partial charge >= 0.3 is 12.2 Å². The lowest BCUT2D eigenvalue weighted by molar-refractivity contribution is -0.137. The predicted molar refractivity (Wildman–Crippen MR) is 95.9 cm³/mol. The first kappa shape index (κ1) is 20.8. The molecular weight excluding hydrogens is 381 g/mol. The van der Waals surface area contributed by atoms with E-state index in [1.54, 1.807) is 16.9 Å². The third-order valence-electron chi connectivity index (χ3n) is 3.69. The van der Waals surface area contributed by atoms with Crippen molar-refractivity contribution in [3.05, 3.63) is 59.7 Å². The van der Waals surface area contributed by atoms with Gasteiger partial charge in [-0.05, 0) is 41.3 Å². The van der Waals surface area contributed by atoms with Crippen LogP contribution in [0.1, 0.15) is 31.9 Å². The molecule has 2 N–H and O–H groups in total. The number of carbonyl (C=O) groups is 1. The highest BCUT2D eigenvalue weighted by atomic mass is 32.2. The third-order valence-corrected chi connectivity index (χ3v) is 5.01. The van der Waals surface area contributed by atoms with Gasteiger partial charge in [-0.2, -0.15) is 13.2 Å². The van der Waals surface area contributed by atoms with Crippen molar-refractivity contribution in [2.24, 2.45) is 0 Å². The summed E-state index contributed by atoms with van der Waals surface area (Å²) in [5.41, 5.74) is -0.683. The normalized spacial score (nSPS) is 12.5. The molecular formula is C18H19F3N2O3S. The Morgan fingerprint density at radius 2 is 1.52 bits per heavy atom. The molecule has 2 aromatic carbocycles. The van der Waals surface area contributed by atoms with E-state index in [0.29, 0.717) is 6.07 Å². The van der Waals surface area contributed by atoms with E-state index >= 15 is 0 Å². The minimum Gasteiger partial charge on any atom is -0.307 e. The Morgan fingerprint density at radius 3 is 2.11 bits per heavy atom. The summed E-state index contributed by atoms with van der Waals surface area (Å²) < 4.78 is 64.7. The van der Waals surface area contributed by atoms with Gasteiger partial charge in [0.25, 0.3) is 10.0 Å². The molecule has 27 heavy (non-hydrogen) atoms. The minimum atomic E-state index is -4.58. The molecule has 2 aromatic rings. The number of urea groups is 1. The number of hydrogen-bond acceptors (Lipinski definition) is 3. The molecule has 0 aliphatic heterocycles. The Hall–Kier alpha value is -2.55. The molecule has 2 rings (SSSR count). The number of alkyl halides is 3. The summed E-state index contributed by atoms with van der Waals surface area (Å²) in [6.45, 7) is 5.73. The van der Waals surface area contributed by atoms with Crippen molar-refractivity contribution in [1.82, 2.24) is 4.72 Å². The van der Waals surface area contributed by atoms with Gasteiger partial charge in [0.05, 0.1) is 10.5 Å². The van der Waals surface area contributed by atoms with Crippen molar-refractivity contribution in [3.63, 3.8) is 0 Å². The van der Waals surface area contributed by atoms with E-state index in [0.717, 1.165) is 17.7 Å². The van der Waals surface area contributed by atoms with Crippen LogP contribution < -0.4 is 10.0 Å². The summed E-state index contributed by atoms with van der Waals surface area (Å²) in [6, 6.07) is 8.83. The summed E-state index contributed by atoms with van der Waals surface area (Å²) in [7, 11) is -4.19. The highest BCUT2D eigenvalue weighted by Gasteiger charge is 2.30. The van der Waals surface area contributed by atoms with Gasteiger partial charge in [0, 0.05) is 5.69 Å². The molecule has 5 nitrogen and oxygen atoms in total. The van der Waals surface area contributed by atoms with E-state index in [9.17, 15) is 26.4 Å². The zero-order valence-corrected chi connectivity index (χ0v) is 15.7.